The normalized spacial score (nSPS) is 15.0. The Hall–Kier alpha value is -7.55. The summed E-state index contributed by atoms with van der Waals surface area (Å²) in [6.45, 7) is 0. The first-order valence-electron chi connectivity index (χ1n) is 20.5. The summed E-state index contributed by atoms with van der Waals surface area (Å²) in [5.74, 6) is 0.149. The highest BCUT2D eigenvalue weighted by Gasteiger charge is 2.32. The van der Waals surface area contributed by atoms with Crippen LogP contribution in [0.2, 0.25) is 0 Å². The Morgan fingerprint density at radius 1 is 0.458 bits per heavy atom. The van der Waals surface area contributed by atoms with Crippen LogP contribution < -0.4 is 10.4 Å². The first-order chi connectivity index (χ1) is 29.3. The average Bonchev–Trinajstić information content (AvgIpc) is 3.65. The molecule has 2 heteroatoms. The fourth-order valence-electron chi connectivity index (χ4n) is 9.93. The third-order valence-corrected chi connectivity index (χ3v) is 12.6. The predicted octanol–water partition coefficient (Wildman–Crippen LogP) is 12.6. The molecule has 1 unspecified atom stereocenters. The Labute approximate surface area is 342 Å². The van der Waals surface area contributed by atoms with Crippen molar-refractivity contribution in [3.63, 3.8) is 0 Å². The minimum Gasteiger partial charge on any atom is -0.309 e. The average molecular weight is 751 g/mol. The molecule has 12 rings (SSSR count). The number of benzene rings is 8. The first-order valence-corrected chi connectivity index (χ1v) is 20.5. The van der Waals surface area contributed by atoms with Gasteiger partial charge in [0.05, 0.1) is 16.7 Å². The van der Waals surface area contributed by atoms with Gasteiger partial charge in [0.2, 0.25) is 0 Å². The number of nitrogens with zero attached hydrogens (tertiary/aromatic N) is 2. The third kappa shape index (κ3) is 5.45. The maximum atomic E-state index is 5.03. The lowest BCUT2D eigenvalue weighted by atomic mass is 9.70. The Morgan fingerprint density at radius 3 is 1.85 bits per heavy atom. The topological polar surface area (TPSA) is 17.8 Å². The van der Waals surface area contributed by atoms with Gasteiger partial charge in [0, 0.05) is 34.1 Å². The highest BCUT2D eigenvalue weighted by Crippen LogP contribution is 2.46. The number of pyridine rings is 1. The molecule has 0 spiro atoms. The van der Waals surface area contributed by atoms with Gasteiger partial charge in [-0.05, 0) is 120 Å². The van der Waals surface area contributed by atoms with Gasteiger partial charge < -0.3 is 4.57 Å². The van der Waals surface area contributed by atoms with Crippen LogP contribution in [0.3, 0.4) is 0 Å². The molecule has 0 saturated heterocycles. The number of allylic oxidation sites excluding steroid dienone is 4. The minimum atomic E-state index is 0.149. The van der Waals surface area contributed by atoms with E-state index in [0.717, 1.165) is 28.9 Å². The second-order valence-electron chi connectivity index (χ2n) is 15.9. The van der Waals surface area contributed by atoms with Gasteiger partial charge in [0.1, 0.15) is 0 Å². The number of rotatable bonds is 5. The summed E-state index contributed by atoms with van der Waals surface area (Å²) in [5, 5.41) is 10.0. The summed E-state index contributed by atoms with van der Waals surface area (Å²) in [4.78, 5) is 5.03. The van der Waals surface area contributed by atoms with Crippen molar-refractivity contribution in [2.75, 3.05) is 0 Å². The molecular formula is C57H38N2. The van der Waals surface area contributed by atoms with Gasteiger partial charge in [-0.25, -0.2) is 0 Å². The Kier molecular flexibility index (Phi) is 7.71. The standard InChI is InChI=1S/C57H38N2/c1-3-15-39(16-4-1)57-56-51-36-43(28-30-52(51)59(53(56)31-32-58-57)46-19-5-2-6-20-46)42-27-29-49-50(35-42)55(45-26-24-38-14-8-10-18-41(38)34-45)48-22-12-11-21-47(48)54(49)44-25-23-37-13-7-9-17-40(37)33-44/h1-34,36,50H,35H2. The fourth-order valence-corrected chi connectivity index (χ4v) is 9.93. The zero-order chi connectivity index (χ0) is 38.9. The van der Waals surface area contributed by atoms with Gasteiger partial charge in [-0.15, -0.1) is 0 Å². The van der Waals surface area contributed by atoms with Crippen molar-refractivity contribution < 1.29 is 0 Å². The van der Waals surface area contributed by atoms with Crippen LogP contribution in [0.15, 0.2) is 218 Å². The molecule has 0 saturated carbocycles. The van der Waals surface area contributed by atoms with Crippen LogP contribution in [-0.4, -0.2) is 9.55 Å². The summed E-state index contributed by atoms with van der Waals surface area (Å²) in [6.07, 6.45) is 7.66. The first kappa shape index (κ1) is 33.6. The number of hydrogen-bond donors (Lipinski definition) is 0. The van der Waals surface area contributed by atoms with Crippen molar-refractivity contribution in [1.29, 1.82) is 0 Å². The lowest BCUT2D eigenvalue weighted by Gasteiger charge is -2.33. The van der Waals surface area contributed by atoms with E-state index >= 15 is 0 Å². The van der Waals surface area contributed by atoms with E-state index < -0.39 is 0 Å². The maximum Gasteiger partial charge on any atom is 0.0802 e. The molecule has 10 aromatic rings. The quantitative estimate of drug-likeness (QED) is 0.171. The molecule has 2 heterocycles. The predicted molar refractivity (Wildman–Crippen MR) is 247 cm³/mol. The second-order valence-corrected chi connectivity index (χ2v) is 15.9. The molecule has 2 aromatic heterocycles. The van der Waals surface area contributed by atoms with Crippen molar-refractivity contribution >= 4 is 60.1 Å². The van der Waals surface area contributed by atoms with Gasteiger partial charge in [-0.3, -0.25) is 4.98 Å². The van der Waals surface area contributed by atoms with E-state index in [2.05, 4.69) is 211 Å². The molecule has 0 aliphatic heterocycles. The van der Waals surface area contributed by atoms with Crippen molar-refractivity contribution in [2.24, 2.45) is 5.92 Å². The largest absolute Gasteiger partial charge is 0.309 e. The molecular weight excluding hydrogens is 713 g/mol. The van der Waals surface area contributed by atoms with Gasteiger partial charge in [-0.2, -0.15) is 0 Å². The number of para-hydroxylation sites is 1. The summed E-state index contributed by atoms with van der Waals surface area (Å²) < 4.78 is 2.39. The number of aromatic nitrogens is 2. The second kappa shape index (κ2) is 13.5. The van der Waals surface area contributed by atoms with Crippen LogP contribution in [0, 0.1) is 5.92 Å². The van der Waals surface area contributed by atoms with Crippen LogP contribution in [0.1, 0.15) is 23.1 Å². The van der Waals surface area contributed by atoms with E-state index in [-0.39, 0.29) is 5.92 Å². The molecule has 2 aliphatic carbocycles. The van der Waals surface area contributed by atoms with E-state index in [9.17, 15) is 0 Å². The molecule has 0 fully saturated rings. The smallest absolute Gasteiger partial charge is 0.0802 e. The van der Waals surface area contributed by atoms with Gasteiger partial charge in [-0.1, -0.05) is 164 Å². The van der Waals surface area contributed by atoms with Crippen LogP contribution in [0.5, 0.6) is 0 Å². The monoisotopic (exact) mass is 750 g/mol. The zero-order valence-corrected chi connectivity index (χ0v) is 32.4. The van der Waals surface area contributed by atoms with Gasteiger partial charge >= 0.3 is 0 Å². The summed E-state index contributed by atoms with van der Waals surface area (Å²) in [7, 11) is 0. The third-order valence-electron chi connectivity index (χ3n) is 12.6. The van der Waals surface area contributed by atoms with E-state index in [0.29, 0.717) is 0 Å². The molecule has 59 heavy (non-hydrogen) atoms. The number of hydrogen-bond acceptors (Lipinski definition) is 1. The number of fused-ring (bicyclic) bond motifs is 7. The molecule has 0 amide bonds. The van der Waals surface area contributed by atoms with Crippen molar-refractivity contribution in [3.8, 4) is 16.9 Å². The summed E-state index contributed by atoms with van der Waals surface area (Å²) in [6, 6.07) is 71.1. The summed E-state index contributed by atoms with van der Waals surface area (Å²) in [5.41, 5.74) is 14.8. The van der Waals surface area contributed by atoms with Crippen LogP contribution in [0.4, 0.5) is 0 Å². The molecule has 1 atom stereocenters. The Morgan fingerprint density at radius 2 is 1.08 bits per heavy atom. The molecule has 8 aromatic carbocycles. The van der Waals surface area contributed by atoms with E-state index in [1.807, 2.05) is 6.20 Å². The highest BCUT2D eigenvalue weighted by atomic mass is 15.0. The molecule has 2 nitrogen and oxygen atoms in total. The molecule has 0 bridgehead atoms. The summed E-state index contributed by atoms with van der Waals surface area (Å²) >= 11 is 0. The van der Waals surface area contributed by atoms with Crippen LogP contribution >= 0.6 is 0 Å². The minimum absolute atomic E-state index is 0.149. The zero-order valence-electron chi connectivity index (χ0n) is 32.4. The molecule has 0 radical (unpaired) electrons. The van der Waals surface area contributed by atoms with Crippen molar-refractivity contribution in [3.05, 3.63) is 245 Å². The lowest BCUT2D eigenvalue weighted by molar-refractivity contribution is 0.811. The van der Waals surface area contributed by atoms with E-state index in [4.69, 9.17) is 4.98 Å². The molecule has 2 aliphatic rings. The van der Waals surface area contributed by atoms with Gasteiger partial charge in [0.15, 0.2) is 0 Å². The van der Waals surface area contributed by atoms with Crippen molar-refractivity contribution in [2.45, 2.75) is 6.42 Å². The molecule has 0 N–H and O–H groups in total. The van der Waals surface area contributed by atoms with E-state index in [1.54, 1.807) is 0 Å². The maximum absolute atomic E-state index is 5.03. The van der Waals surface area contributed by atoms with Crippen LogP contribution in [0.25, 0.3) is 77.0 Å². The van der Waals surface area contributed by atoms with E-state index in [1.165, 1.54) is 87.3 Å². The highest BCUT2D eigenvalue weighted by molar-refractivity contribution is 6.15. The Balaban J connectivity index is 1.10. The Bertz CT molecular complexity index is 3510. The lowest BCUT2D eigenvalue weighted by Crippen LogP contribution is -2.38. The fraction of sp³-hybridized carbons (Fsp3) is 0.0351. The van der Waals surface area contributed by atoms with Crippen molar-refractivity contribution in [1.82, 2.24) is 9.55 Å². The van der Waals surface area contributed by atoms with Gasteiger partial charge in [0.25, 0.3) is 0 Å². The molecule has 276 valence electrons. The van der Waals surface area contributed by atoms with Crippen LogP contribution in [-0.2, 0) is 0 Å². The SMILES string of the molecule is C1=C(c2ccc3c(c2)c2c(-c4ccccc4)nccc2n3-c2ccccc2)CC2C(=C1)C(c1ccc3ccccc3c1)=c1ccccc1=C2c1ccc2ccccc2c1.